The zero-order valence-corrected chi connectivity index (χ0v) is 15.7. The molecule has 1 aliphatic heterocycles. The number of rotatable bonds is 6. The zero-order chi connectivity index (χ0) is 19.5. The van der Waals surface area contributed by atoms with Crippen molar-refractivity contribution < 1.29 is 15.8 Å². The molecule has 0 aromatic heterocycles. The number of imide groups is 1. The second-order valence-electron chi connectivity index (χ2n) is 6.09. The molecule has 0 bridgehead atoms. The van der Waals surface area contributed by atoms with Crippen LogP contribution < -0.4 is 16.8 Å². The van der Waals surface area contributed by atoms with E-state index in [2.05, 4.69) is 15.9 Å². The molecule has 1 unspecified atom stereocenters. The summed E-state index contributed by atoms with van der Waals surface area (Å²) in [4.78, 5) is 38.3. The summed E-state index contributed by atoms with van der Waals surface area (Å²) in [5.41, 5.74) is 10.7. The Bertz CT molecular complexity index is 700. The number of benzene rings is 1. The molecule has 1 fully saturated rings. The van der Waals surface area contributed by atoms with E-state index in [1.165, 1.54) is 0 Å². The van der Waals surface area contributed by atoms with Gasteiger partial charge in [-0.15, -0.1) is 0 Å². The van der Waals surface area contributed by atoms with Crippen LogP contribution in [0.3, 0.4) is 0 Å². The topological polar surface area (TPSA) is 119 Å². The van der Waals surface area contributed by atoms with E-state index in [0.29, 0.717) is 24.9 Å². The molecular weight excluding hydrogens is 388 g/mol. The minimum atomic E-state index is -1.47. The van der Waals surface area contributed by atoms with Crippen LogP contribution in [0.25, 0.3) is 0 Å². The van der Waals surface area contributed by atoms with E-state index in [1.807, 2.05) is 0 Å². The molecule has 0 saturated carbocycles. The smallest absolute Gasteiger partial charge is 0.254 e. The molecule has 0 spiro atoms. The Balaban J connectivity index is 2.38. The van der Waals surface area contributed by atoms with E-state index in [9.17, 15) is 14.4 Å². The highest BCUT2D eigenvalue weighted by Gasteiger charge is 2.42. The lowest BCUT2D eigenvalue weighted by Crippen LogP contribution is -2.58. The van der Waals surface area contributed by atoms with Crippen LogP contribution in [0.2, 0.25) is 1.41 Å². The standard InChI is InChI=1S/C17H23BrN4O3/c1-2-17(20,11-5-7-12(18)8-6-11)16(25)22(10-14(19)23)15(24)13-4-3-9-21-13/h5-8,13,21H,2-4,9-10,20H2,1H3,(H2,19,23)/t13-,17?/m0/s1/i/hD. The number of hydrogen-bond donors (Lipinski definition) is 3. The van der Waals surface area contributed by atoms with Gasteiger partial charge in [0.05, 0.1) is 6.04 Å². The first-order chi connectivity index (χ1) is 12.2. The van der Waals surface area contributed by atoms with Gasteiger partial charge in [0.15, 0.2) is 0 Å². The molecule has 1 aliphatic rings. The normalized spacial score (nSPS) is 20.6. The largest absolute Gasteiger partial charge is 0.368 e. The SMILES string of the molecule is [2H]N1CCC[C@H]1C(=O)N(CC(N)=O)C(=O)C(N)(CC)c1ccc(Br)cc1. The van der Waals surface area contributed by atoms with E-state index in [4.69, 9.17) is 12.9 Å². The Morgan fingerprint density at radius 2 is 2.04 bits per heavy atom. The van der Waals surface area contributed by atoms with Crippen molar-refractivity contribution in [2.45, 2.75) is 37.8 Å². The molecule has 1 saturated heterocycles. The number of nitrogens with zero attached hydrogens (tertiary/aromatic N) is 1. The third-order valence-electron chi connectivity index (χ3n) is 4.39. The molecule has 0 radical (unpaired) electrons. The van der Waals surface area contributed by atoms with Crippen molar-refractivity contribution in [2.75, 3.05) is 13.1 Å². The fraction of sp³-hybridized carbons (Fsp3) is 0.471. The summed E-state index contributed by atoms with van der Waals surface area (Å²) in [7, 11) is 0. The maximum atomic E-state index is 13.2. The summed E-state index contributed by atoms with van der Waals surface area (Å²) in [6.07, 6.45) is 1.35. The number of nitrogens with one attached hydrogen (secondary N) is 1. The van der Waals surface area contributed by atoms with Gasteiger partial charge in [-0.2, -0.15) is 0 Å². The summed E-state index contributed by atoms with van der Waals surface area (Å²) >= 11 is 3.33. The van der Waals surface area contributed by atoms with E-state index in [1.54, 1.807) is 31.2 Å². The highest BCUT2D eigenvalue weighted by atomic mass is 79.9. The van der Waals surface area contributed by atoms with Gasteiger partial charge in [0.1, 0.15) is 13.5 Å². The summed E-state index contributed by atoms with van der Waals surface area (Å²) in [6.45, 7) is 1.61. The first-order valence-electron chi connectivity index (χ1n) is 8.60. The molecule has 25 heavy (non-hydrogen) atoms. The van der Waals surface area contributed by atoms with Crippen LogP contribution in [0.15, 0.2) is 28.7 Å². The number of hydrogen-bond acceptors (Lipinski definition) is 5. The fourth-order valence-corrected chi connectivity index (χ4v) is 3.14. The Morgan fingerprint density at radius 3 is 2.52 bits per heavy atom. The Kier molecular flexibility index (Phi) is 5.82. The van der Waals surface area contributed by atoms with Crippen molar-refractivity contribution in [3.05, 3.63) is 34.3 Å². The summed E-state index contributed by atoms with van der Waals surface area (Å²) < 4.78 is 8.67. The van der Waals surface area contributed by atoms with Crippen LogP contribution in [-0.4, -0.2) is 41.8 Å². The van der Waals surface area contributed by atoms with Gasteiger partial charge in [-0.1, -0.05) is 35.0 Å². The number of halogens is 1. The van der Waals surface area contributed by atoms with Crippen LogP contribution in [0, 0.1) is 0 Å². The molecule has 5 N–H and O–H groups in total. The lowest BCUT2D eigenvalue weighted by atomic mass is 9.86. The first-order valence-corrected chi connectivity index (χ1v) is 8.94. The Hall–Kier alpha value is -1.77. The third kappa shape index (κ3) is 4.26. The molecule has 1 aromatic rings. The second kappa shape index (κ2) is 8.07. The molecule has 8 heteroatoms. The molecule has 3 amide bonds. The number of nitrogens with two attached hydrogens (primary N) is 2. The minimum Gasteiger partial charge on any atom is -0.368 e. The average Bonchev–Trinajstić information content (AvgIpc) is 3.04. The van der Waals surface area contributed by atoms with Gasteiger partial charge in [-0.3, -0.25) is 19.3 Å². The van der Waals surface area contributed by atoms with Gasteiger partial charge in [0.2, 0.25) is 11.8 Å². The predicted octanol–water partition coefficient (Wildman–Crippen LogP) is 0.606. The quantitative estimate of drug-likeness (QED) is 0.633. The van der Waals surface area contributed by atoms with Crippen LogP contribution >= 0.6 is 15.9 Å². The van der Waals surface area contributed by atoms with Crippen molar-refractivity contribution >= 4 is 33.7 Å². The van der Waals surface area contributed by atoms with Crippen molar-refractivity contribution in [1.29, 1.82) is 0 Å². The minimum absolute atomic E-state index is 0.227. The molecule has 0 aliphatic carbocycles. The molecule has 7 nitrogen and oxygen atoms in total. The molecule has 136 valence electrons. The monoisotopic (exact) mass is 411 g/mol. The molecule has 1 aromatic carbocycles. The van der Waals surface area contributed by atoms with Crippen molar-refractivity contribution in [3.8, 4) is 0 Å². The number of primary amides is 1. The van der Waals surface area contributed by atoms with E-state index in [0.717, 1.165) is 14.7 Å². The highest BCUT2D eigenvalue weighted by molar-refractivity contribution is 9.10. The van der Waals surface area contributed by atoms with Crippen LogP contribution in [0.4, 0.5) is 0 Å². The van der Waals surface area contributed by atoms with Gasteiger partial charge >= 0.3 is 0 Å². The van der Waals surface area contributed by atoms with Crippen molar-refractivity contribution in [3.63, 3.8) is 0 Å². The summed E-state index contributed by atoms with van der Waals surface area (Å²) in [5, 5.41) is 1.13. The lowest BCUT2D eigenvalue weighted by molar-refractivity contribution is -0.152. The maximum Gasteiger partial charge on any atom is 0.254 e. The van der Waals surface area contributed by atoms with Gasteiger partial charge < -0.3 is 16.8 Å². The molecule has 2 atom stereocenters. The second-order valence-corrected chi connectivity index (χ2v) is 7.01. The zero-order valence-electron chi connectivity index (χ0n) is 15.1. The average molecular weight is 412 g/mol. The Labute approximate surface area is 156 Å². The van der Waals surface area contributed by atoms with Crippen molar-refractivity contribution in [1.82, 2.24) is 10.2 Å². The van der Waals surface area contributed by atoms with Crippen LogP contribution in [-0.2, 0) is 19.9 Å². The van der Waals surface area contributed by atoms with Crippen molar-refractivity contribution in [2.24, 2.45) is 11.5 Å². The summed E-state index contributed by atoms with van der Waals surface area (Å²) in [5.74, 6) is -2.11. The maximum absolute atomic E-state index is 13.2. The summed E-state index contributed by atoms with van der Waals surface area (Å²) in [6, 6.07) is 6.13. The van der Waals surface area contributed by atoms with Crippen LogP contribution in [0.1, 0.15) is 31.7 Å². The Morgan fingerprint density at radius 1 is 1.40 bits per heavy atom. The van der Waals surface area contributed by atoms with Gasteiger partial charge in [-0.05, 0) is 43.5 Å². The number of carbonyl (C=O) groups is 3. The molecular formula is C17H23BrN4O3. The lowest BCUT2D eigenvalue weighted by Gasteiger charge is -2.33. The number of carbonyl (C=O) groups excluding carboxylic acids is 3. The van der Waals surface area contributed by atoms with Gasteiger partial charge in [0, 0.05) is 4.47 Å². The molecule has 2 rings (SSSR count). The van der Waals surface area contributed by atoms with E-state index in [-0.39, 0.29) is 6.42 Å². The van der Waals surface area contributed by atoms with E-state index < -0.39 is 35.8 Å². The number of amides is 3. The van der Waals surface area contributed by atoms with Gasteiger partial charge in [0.25, 0.3) is 5.91 Å². The van der Waals surface area contributed by atoms with E-state index >= 15 is 0 Å². The third-order valence-corrected chi connectivity index (χ3v) is 4.92. The fourth-order valence-electron chi connectivity index (χ4n) is 2.88. The molecule has 1 heterocycles. The van der Waals surface area contributed by atoms with Gasteiger partial charge in [-0.25, -0.2) is 0 Å². The first kappa shape index (κ1) is 18.0. The van der Waals surface area contributed by atoms with Crippen LogP contribution in [0.5, 0.6) is 0 Å². The highest BCUT2D eigenvalue weighted by Crippen LogP contribution is 2.27. The predicted molar refractivity (Wildman–Crippen MR) is 97.2 cm³/mol.